The van der Waals surface area contributed by atoms with Crippen molar-refractivity contribution in [2.75, 3.05) is 13.7 Å². The van der Waals surface area contributed by atoms with Gasteiger partial charge < -0.3 is 10.5 Å². The Morgan fingerprint density at radius 2 is 2.20 bits per heavy atom. The lowest BCUT2D eigenvalue weighted by Crippen LogP contribution is -2.12. The highest BCUT2D eigenvalue weighted by atomic mass is 35.5. The number of hydrogen-bond donors (Lipinski definition) is 1. The molecule has 15 heavy (non-hydrogen) atoms. The van der Waals surface area contributed by atoms with Gasteiger partial charge in [0.1, 0.15) is 0 Å². The van der Waals surface area contributed by atoms with E-state index in [0.717, 1.165) is 35.6 Å². The van der Waals surface area contributed by atoms with E-state index < -0.39 is 0 Å². The molecule has 0 heterocycles. The van der Waals surface area contributed by atoms with E-state index >= 15 is 0 Å². The second-order valence-electron chi connectivity index (χ2n) is 3.70. The Balaban J connectivity index is 2.65. The average molecular weight is 228 g/mol. The first kappa shape index (κ1) is 12.5. The number of benzene rings is 1. The Kier molecular flexibility index (Phi) is 5.09. The van der Waals surface area contributed by atoms with Crippen LogP contribution in [0.15, 0.2) is 18.2 Å². The Morgan fingerprint density at radius 1 is 1.47 bits per heavy atom. The van der Waals surface area contributed by atoms with Gasteiger partial charge in [-0.1, -0.05) is 23.7 Å². The number of hydrogen-bond acceptors (Lipinski definition) is 2. The standard InChI is InChI=1S/C12H18ClNO/c1-9-10(5-3-6-11(9)13)12(14)7-4-8-15-2/h3,5-6,12H,4,7-8,14H2,1-2H3. The third kappa shape index (κ3) is 3.49. The first-order valence-electron chi connectivity index (χ1n) is 5.16. The number of nitrogens with two attached hydrogens (primary N) is 1. The smallest absolute Gasteiger partial charge is 0.0462 e. The average Bonchev–Trinajstić information content (AvgIpc) is 2.22. The van der Waals surface area contributed by atoms with Crippen molar-refractivity contribution in [2.24, 2.45) is 5.73 Å². The second kappa shape index (κ2) is 6.11. The van der Waals surface area contributed by atoms with Crippen molar-refractivity contribution < 1.29 is 4.74 Å². The van der Waals surface area contributed by atoms with Crippen LogP contribution in [-0.2, 0) is 4.74 Å². The first-order chi connectivity index (χ1) is 7.16. The summed E-state index contributed by atoms with van der Waals surface area (Å²) in [6.07, 6.45) is 1.90. The lowest BCUT2D eigenvalue weighted by molar-refractivity contribution is 0.190. The van der Waals surface area contributed by atoms with Gasteiger partial charge in [0.25, 0.3) is 0 Å². The number of halogens is 1. The molecule has 0 aliphatic rings. The molecule has 0 aliphatic heterocycles. The van der Waals surface area contributed by atoms with E-state index in [9.17, 15) is 0 Å². The third-order valence-electron chi connectivity index (χ3n) is 2.57. The fourth-order valence-corrected chi connectivity index (χ4v) is 1.81. The minimum absolute atomic E-state index is 0.0545. The molecule has 1 aromatic carbocycles. The summed E-state index contributed by atoms with van der Waals surface area (Å²) >= 11 is 6.04. The predicted molar refractivity (Wildman–Crippen MR) is 64.2 cm³/mol. The molecule has 1 rings (SSSR count). The largest absolute Gasteiger partial charge is 0.385 e. The molecule has 0 saturated carbocycles. The van der Waals surface area contributed by atoms with Gasteiger partial charge in [-0.25, -0.2) is 0 Å². The summed E-state index contributed by atoms with van der Waals surface area (Å²) in [6.45, 7) is 2.77. The molecule has 1 atom stereocenters. The van der Waals surface area contributed by atoms with Gasteiger partial charge in [0.15, 0.2) is 0 Å². The summed E-state index contributed by atoms with van der Waals surface area (Å²) in [4.78, 5) is 0. The Morgan fingerprint density at radius 3 is 2.87 bits per heavy atom. The lowest BCUT2D eigenvalue weighted by Gasteiger charge is -2.15. The summed E-state index contributed by atoms with van der Waals surface area (Å²) in [5.74, 6) is 0. The van der Waals surface area contributed by atoms with Crippen molar-refractivity contribution in [2.45, 2.75) is 25.8 Å². The molecule has 2 nitrogen and oxygen atoms in total. The van der Waals surface area contributed by atoms with Crippen molar-refractivity contribution >= 4 is 11.6 Å². The van der Waals surface area contributed by atoms with Crippen LogP contribution in [-0.4, -0.2) is 13.7 Å². The van der Waals surface area contributed by atoms with Crippen molar-refractivity contribution in [1.29, 1.82) is 0 Å². The summed E-state index contributed by atoms with van der Waals surface area (Å²) < 4.78 is 5.00. The molecule has 0 fully saturated rings. The van der Waals surface area contributed by atoms with Crippen LogP contribution in [0, 0.1) is 6.92 Å². The van der Waals surface area contributed by atoms with Crippen molar-refractivity contribution in [3.63, 3.8) is 0 Å². The van der Waals surface area contributed by atoms with E-state index in [0.29, 0.717) is 0 Å². The van der Waals surface area contributed by atoms with E-state index in [1.807, 2.05) is 25.1 Å². The van der Waals surface area contributed by atoms with Gasteiger partial charge in [-0.3, -0.25) is 0 Å². The highest BCUT2D eigenvalue weighted by molar-refractivity contribution is 6.31. The first-order valence-corrected chi connectivity index (χ1v) is 5.54. The molecular weight excluding hydrogens is 210 g/mol. The van der Waals surface area contributed by atoms with E-state index in [1.165, 1.54) is 0 Å². The fourth-order valence-electron chi connectivity index (χ4n) is 1.63. The third-order valence-corrected chi connectivity index (χ3v) is 2.98. The summed E-state index contributed by atoms with van der Waals surface area (Å²) in [5.41, 5.74) is 8.32. The number of methoxy groups -OCH3 is 1. The van der Waals surface area contributed by atoms with E-state index in [4.69, 9.17) is 22.1 Å². The zero-order valence-corrected chi connectivity index (χ0v) is 10.1. The Bertz CT molecular complexity index is 314. The van der Waals surface area contributed by atoms with Gasteiger partial charge in [0, 0.05) is 24.8 Å². The minimum Gasteiger partial charge on any atom is -0.385 e. The molecule has 0 aromatic heterocycles. The Labute approximate surface area is 96.4 Å². The molecular formula is C12H18ClNO. The van der Waals surface area contributed by atoms with Crippen LogP contribution in [0.1, 0.15) is 30.0 Å². The molecule has 84 valence electrons. The monoisotopic (exact) mass is 227 g/mol. The van der Waals surface area contributed by atoms with Crippen LogP contribution in [0.2, 0.25) is 5.02 Å². The molecule has 0 bridgehead atoms. The van der Waals surface area contributed by atoms with Crippen LogP contribution >= 0.6 is 11.6 Å². The van der Waals surface area contributed by atoms with Gasteiger partial charge >= 0.3 is 0 Å². The number of ether oxygens (including phenoxy) is 1. The van der Waals surface area contributed by atoms with Crippen LogP contribution < -0.4 is 5.73 Å². The number of rotatable bonds is 5. The molecule has 0 aliphatic carbocycles. The van der Waals surface area contributed by atoms with Gasteiger partial charge in [0.2, 0.25) is 0 Å². The predicted octanol–water partition coefficient (Wildman–Crippen LogP) is 3.07. The van der Waals surface area contributed by atoms with Gasteiger partial charge in [-0.15, -0.1) is 0 Å². The fraction of sp³-hybridized carbons (Fsp3) is 0.500. The van der Waals surface area contributed by atoms with Crippen LogP contribution in [0.25, 0.3) is 0 Å². The normalized spacial score (nSPS) is 12.8. The van der Waals surface area contributed by atoms with Crippen molar-refractivity contribution in [3.05, 3.63) is 34.3 Å². The molecule has 0 radical (unpaired) electrons. The molecule has 2 N–H and O–H groups in total. The minimum atomic E-state index is 0.0545. The van der Waals surface area contributed by atoms with Crippen LogP contribution in [0.3, 0.4) is 0 Å². The van der Waals surface area contributed by atoms with Crippen LogP contribution in [0.4, 0.5) is 0 Å². The van der Waals surface area contributed by atoms with Crippen molar-refractivity contribution in [1.82, 2.24) is 0 Å². The molecule has 0 spiro atoms. The van der Waals surface area contributed by atoms with Gasteiger partial charge in [-0.2, -0.15) is 0 Å². The molecule has 1 unspecified atom stereocenters. The summed E-state index contributed by atoms with van der Waals surface area (Å²) in [5, 5.41) is 0.787. The molecule has 0 saturated heterocycles. The highest BCUT2D eigenvalue weighted by Crippen LogP contribution is 2.25. The van der Waals surface area contributed by atoms with Crippen molar-refractivity contribution in [3.8, 4) is 0 Å². The van der Waals surface area contributed by atoms with Gasteiger partial charge in [-0.05, 0) is 37.0 Å². The quantitative estimate of drug-likeness (QED) is 0.785. The summed E-state index contributed by atoms with van der Waals surface area (Å²) in [6, 6.07) is 5.93. The molecule has 0 amide bonds. The molecule has 3 heteroatoms. The topological polar surface area (TPSA) is 35.2 Å². The summed E-state index contributed by atoms with van der Waals surface area (Å²) in [7, 11) is 1.70. The lowest BCUT2D eigenvalue weighted by atomic mass is 9.98. The molecule has 1 aromatic rings. The zero-order chi connectivity index (χ0) is 11.3. The van der Waals surface area contributed by atoms with E-state index in [-0.39, 0.29) is 6.04 Å². The zero-order valence-electron chi connectivity index (χ0n) is 9.29. The maximum Gasteiger partial charge on any atom is 0.0462 e. The maximum atomic E-state index is 6.09. The van der Waals surface area contributed by atoms with E-state index in [2.05, 4.69) is 0 Å². The SMILES string of the molecule is COCCCC(N)c1cccc(Cl)c1C. The Hall–Kier alpha value is -0.570. The van der Waals surface area contributed by atoms with Gasteiger partial charge in [0.05, 0.1) is 0 Å². The van der Waals surface area contributed by atoms with E-state index in [1.54, 1.807) is 7.11 Å². The maximum absolute atomic E-state index is 6.09. The highest BCUT2D eigenvalue weighted by Gasteiger charge is 2.09. The van der Waals surface area contributed by atoms with Crippen LogP contribution in [0.5, 0.6) is 0 Å². The second-order valence-corrected chi connectivity index (χ2v) is 4.10.